The van der Waals surface area contributed by atoms with Crippen LogP contribution in [0.5, 0.6) is 0 Å². The SMILES string of the molecule is O=C(Nc1ccccc1-c1nc(-c2ccncc2)no1)c1sc2cc(Cl)ccc2c1Cl. The monoisotopic (exact) mass is 466 g/mol. The molecule has 2 aromatic carbocycles. The van der Waals surface area contributed by atoms with Crippen molar-refractivity contribution in [1.29, 1.82) is 0 Å². The molecule has 0 aliphatic rings. The number of aromatic nitrogens is 3. The van der Waals surface area contributed by atoms with Gasteiger partial charge in [0.25, 0.3) is 11.8 Å². The van der Waals surface area contributed by atoms with Crippen LogP contribution in [-0.2, 0) is 0 Å². The van der Waals surface area contributed by atoms with Crippen LogP contribution >= 0.6 is 34.5 Å². The van der Waals surface area contributed by atoms with Gasteiger partial charge in [-0.2, -0.15) is 4.98 Å². The number of rotatable bonds is 4. The zero-order valence-electron chi connectivity index (χ0n) is 15.7. The average Bonchev–Trinajstić information content (AvgIpc) is 3.40. The van der Waals surface area contributed by atoms with Gasteiger partial charge in [0.2, 0.25) is 5.82 Å². The smallest absolute Gasteiger partial charge is 0.267 e. The minimum atomic E-state index is -0.330. The van der Waals surface area contributed by atoms with E-state index in [0.29, 0.717) is 32.0 Å². The lowest BCUT2D eigenvalue weighted by atomic mass is 10.1. The van der Waals surface area contributed by atoms with Gasteiger partial charge in [-0.15, -0.1) is 11.3 Å². The van der Waals surface area contributed by atoms with Crippen molar-refractivity contribution in [3.63, 3.8) is 0 Å². The van der Waals surface area contributed by atoms with Crippen LogP contribution in [-0.4, -0.2) is 21.0 Å². The first-order chi connectivity index (χ1) is 15.1. The van der Waals surface area contributed by atoms with Crippen LogP contribution in [0.1, 0.15) is 9.67 Å². The maximum atomic E-state index is 13.0. The molecule has 0 unspecified atom stereocenters. The molecular formula is C22H12Cl2N4O2S. The molecule has 152 valence electrons. The highest BCUT2D eigenvalue weighted by Gasteiger charge is 2.20. The molecule has 0 atom stereocenters. The molecule has 0 saturated heterocycles. The van der Waals surface area contributed by atoms with E-state index in [-0.39, 0.29) is 11.8 Å². The number of carbonyl (C=O) groups excluding carboxylic acids is 1. The summed E-state index contributed by atoms with van der Waals surface area (Å²) in [6, 6.07) is 16.1. The van der Waals surface area contributed by atoms with Crippen molar-refractivity contribution in [1.82, 2.24) is 15.1 Å². The number of pyridine rings is 1. The average molecular weight is 467 g/mol. The molecule has 0 aliphatic heterocycles. The van der Waals surface area contributed by atoms with E-state index in [0.717, 1.165) is 15.6 Å². The normalized spacial score (nSPS) is 11.0. The number of para-hydroxylation sites is 1. The van der Waals surface area contributed by atoms with Gasteiger partial charge >= 0.3 is 0 Å². The van der Waals surface area contributed by atoms with Crippen molar-refractivity contribution in [3.8, 4) is 22.8 Å². The summed E-state index contributed by atoms with van der Waals surface area (Å²) in [7, 11) is 0. The van der Waals surface area contributed by atoms with Crippen molar-refractivity contribution in [2.45, 2.75) is 0 Å². The fourth-order valence-electron chi connectivity index (χ4n) is 3.09. The van der Waals surface area contributed by atoms with E-state index < -0.39 is 0 Å². The summed E-state index contributed by atoms with van der Waals surface area (Å²) >= 11 is 13.8. The summed E-state index contributed by atoms with van der Waals surface area (Å²) in [5.74, 6) is 0.392. The van der Waals surface area contributed by atoms with Crippen LogP contribution < -0.4 is 5.32 Å². The molecule has 3 aromatic heterocycles. The van der Waals surface area contributed by atoms with Gasteiger partial charge in [-0.3, -0.25) is 9.78 Å². The van der Waals surface area contributed by atoms with Crippen LogP contribution in [0.25, 0.3) is 32.9 Å². The fourth-order valence-corrected chi connectivity index (χ4v) is 4.78. The third kappa shape index (κ3) is 3.79. The first-order valence-electron chi connectivity index (χ1n) is 9.12. The first kappa shape index (κ1) is 19.7. The molecule has 31 heavy (non-hydrogen) atoms. The molecule has 1 amide bonds. The minimum Gasteiger partial charge on any atom is -0.334 e. The van der Waals surface area contributed by atoms with Gasteiger partial charge < -0.3 is 9.84 Å². The van der Waals surface area contributed by atoms with Gasteiger partial charge in [-0.25, -0.2) is 0 Å². The van der Waals surface area contributed by atoms with Crippen LogP contribution in [0.2, 0.25) is 10.0 Å². The summed E-state index contributed by atoms with van der Waals surface area (Å²) in [6.45, 7) is 0. The van der Waals surface area contributed by atoms with Crippen molar-refractivity contribution in [3.05, 3.63) is 81.9 Å². The van der Waals surface area contributed by atoms with Crippen LogP contribution in [0.4, 0.5) is 5.69 Å². The van der Waals surface area contributed by atoms with Gasteiger partial charge in [0, 0.05) is 33.1 Å². The highest BCUT2D eigenvalue weighted by molar-refractivity contribution is 7.21. The number of carbonyl (C=O) groups is 1. The number of hydrogen-bond acceptors (Lipinski definition) is 6. The first-order valence-corrected chi connectivity index (χ1v) is 10.7. The maximum Gasteiger partial charge on any atom is 0.267 e. The van der Waals surface area contributed by atoms with E-state index in [1.165, 1.54) is 11.3 Å². The second-order valence-corrected chi connectivity index (χ2v) is 8.41. The lowest BCUT2D eigenvalue weighted by Crippen LogP contribution is -2.11. The maximum absolute atomic E-state index is 13.0. The van der Waals surface area contributed by atoms with E-state index >= 15 is 0 Å². The van der Waals surface area contributed by atoms with Gasteiger partial charge in [0.05, 0.1) is 16.3 Å². The number of benzene rings is 2. The van der Waals surface area contributed by atoms with Crippen molar-refractivity contribution < 1.29 is 9.32 Å². The van der Waals surface area contributed by atoms with E-state index in [2.05, 4.69) is 20.4 Å². The van der Waals surface area contributed by atoms with Gasteiger partial charge in [0.1, 0.15) is 4.88 Å². The number of amides is 1. The zero-order chi connectivity index (χ0) is 21.4. The Morgan fingerprint density at radius 2 is 1.84 bits per heavy atom. The molecule has 3 heterocycles. The Labute approximate surface area is 190 Å². The quantitative estimate of drug-likeness (QED) is 0.323. The van der Waals surface area contributed by atoms with Gasteiger partial charge in [-0.1, -0.05) is 46.6 Å². The summed E-state index contributed by atoms with van der Waals surface area (Å²) < 4.78 is 6.29. The summed E-state index contributed by atoms with van der Waals surface area (Å²) in [5, 5.41) is 8.71. The molecule has 0 spiro atoms. The van der Waals surface area contributed by atoms with Gasteiger partial charge in [0.15, 0.2) is 0 Å². The summed E-state index contributed by atoms with van der Waals surface area (Å²) in [5.41, 5.74) is 1.91. The second kappa shape index (κ2) is 8.11. The molecule has 6 nitrogen and oxygen atoms in total. The van der Waals surface area contributed by atoms with E-state index in [9.17, 15) is 4.79 Å². The molecule has 0 bridgehead atoms. The molecule has 0 radical (unpaired) electrons. The van der Waals surface area contributed by atoms with Crippen LogP contribution in [0, 0.1) is 0 Å². The predicted octanol–water partition coefficient (Wildman–Crippen LogP) is 6.57. The highest BCUT2D eigenvalue weighted by Crippen LogP contribution is 2.37. The summed E-state index contributed by atoms with van der Waals surface area (Å²) in [4.78, 5) is 21.9. The lowest BCUT2D eigenvalue weighted by Gasteiger charge is -2.07. The zero-order valence-corrected chi connectivity index (χ0v) is 18.0. The standard InChI is InChI=1S/C22H12Cl2N4O2S/c23-13-5-6-15-17(11-13)31-19(18(15)24)21(29)26-16-4-2-1-3-14(16)22-27-20(28-30-22)12-7-9-25-10-8-12/h1-11H,(H,26,29). The topological polar surface area (TPSA) is 80.9 Å². The van der Waals surface area contributed by atoms with Gasteiger partial charge in [-0.05, 0) is 36.4 Å². The van der Waals surface area contributed by atoms with Crippen molar-refractivity contribution >= 4 is 56.2 Å². The summed E-state index contributed by atoms with van der Waals surface area (Å²) in [6.07, 6.45) is 3.31. The Hall–Kier alpha value is -3.26. The molecule has 5 rings (SSSR count). The Morgan fingerprint density at radius 1 is 1.03 bits per heavy atom. The molecule has 0 fully saturated rings. The van der Waals surface area contributed by atoms with E-state index in [1.54, 1.807) is 54.9 Å². The number of nitrogens with zero attached hydrogens (tertiary/aromatic N) is 3. The third-order valence-electron chi connectivity index (χ3n) is 4.57. The van der Waals surface area contributed by atoms with Crippen LogP contribution in [0.3, 0.4) is 0 Å². The molecule has 5 aromatic rings. The molecular weight excluding hydrogens is 455 g/mol. The highest BCUT2D eigenvalue weighted by atomic mass is 35.5. The Kier molecular flexibility index (Phi) is 5.15. The number of thiophene rings is 1. The molecule has 1 N–H and O–H groups in total. The van der Waals surface area contributed by atoms with Crippen molar-refractivity contribution in [2.75, 3.05) is 5.32 Å². The molecule has 9 heteroatoms. The number of anilines is 1. The van der Waals surface area contributed by atoms with E-state index in [1.807, 2.05) is 12.1 Å². The lowest BCUT2D eigenvalue weighted by molar-refractivity contribution is 0.103. The molecule has 0 aliphatic carbocycles. The fraction of sp³-hybridized carbons (Fsp3) is 0. The Morgan fingerprint density at radius 3 is 2.68 bits per heavy atom. The van der Waals surface area contributed by atoms with Crippen LogP contribution in [0.15, 0.2) is 71.5 Å². The minimum absolute atomic E-state index is 0.289. The number of fused-ring (bicyclic) bond motifs is 1. The second-order valence-electron chi connectivity index (χ2n) is 6.54. The predicted molar refractivity (Wildman–Crippen MR) is 123 cm³/mol. The van der Waals surface area contributed by atoms with Crippen molar-refractivity contribution in [2.24, 2.45) is 0 Å². The Balaban J connectivity index is 1.47. The molecule has 0 saturated carbocycles. The number of halogens is 2. The van der Waals surface area contributed by atoms with E-state index in [4.69, 9.17) is 27.7 Å². The number of hydrogen-bond donors (Lipinski definition) is 1. The number of nitrogens with one attached hydrogen (secondary N) is 1. The largest absolute Gasteiger partial charge is 0.334 e. The Bertz CT molecular complexity index is 1420. The third-order valence-corrected chi connectivity index (χ3v) is 6.46.